The van der Waals surface area contributed by atoms with Crippen LogP contribution in [0.5, 0.6) is 0 Å². The van der Waals surface area contributed by atoms with E-state index in [0.29, 0.717) is 12.5 Å². The Hall–Kier alpha value is -0.610. The van der Waals surface area contributed by atoms with Crippen molar-refractivity contribution in [2.24, 2.45) is 5.92 Å². The van der Waals surface area contributed by atoms with E-state index in [9.17, 15) is 9.90 Å². The summed E-state index contributed by atoms with van der Waals surface area (Å²) in [5, 5.41) is 15.9. The normalized spacial score (nSPS) is 38.2. The largest absolute Gasteiger partial charge is 0.480 e. The third kappa shape index (κ3) is 1.64. The van der Waals surface area contributed by atoms with Crippen molar-refractivity contribution in [3.05, 3.63) is 0 Å². The van der Waals surface area contributed by atoms with Crippen LogP contribution < -0.4 is 10.6 Å². The summed E-state index contributed by atoms with van der Waals surface area (Å²) in [5.41, 5.74) is -0.674. The van der Waals surface area contributed by atoms with E-state index in [0.717, 1.165) is 25.9 Å². The van der Waals surface area contributed by atoms with E-state index in [2.05, 4.69) is 10.6 Å². The number of aliphatic carboxylic acids is 1. The molecular weight excluding hydrogens is 180 g/mol. The minimum Gasteiger partial charge on any atom is -0.480 e. The zero-order chi connectivity index (χ0) is 10.2. The lowest BCUT2D eigenvalue weighted by Gasteiger charge is -2.40. The standard InChI is InChI=1S/C10H18N2O2/c1-7-6-11-5-4-10(7,9(13)14)12-8-2-3-8/h7-8,11-12H,2-6H2,1H3,(H,13,14). The van der Waals surface area contributed by atoms with Crippen molar-refractivity contribution < 1.29 is 9.90 Å². The molecule has 80 valence electrons. The van der Waals surface area contributed by atoms with Crippen molar-refractivity contribution in [3.63, 3.8) is 0 Å². The van der Waals surface area contributed by atoms with Crippen molar-refractivity contribution in [1.82, 2.24) is 10.6 Å². The minimum absolute atomic E-state index is 0.161. The molecule has 1 aliphatic carbocycles. The molecule has 3 N–H and O–H groups in total. The summed E-state index contributed by atoms with van der Waals surface area (Å²) in [7, 11) is 0. The van der Waals surface area contributed by atoms with Crippen molar-refractivity contribution in [3.8, 4) is 0 Å². The molecule has 4 heteroatoms. The number of rotatable bonds is 3. The van der Waals surface area contributed by atoms with Gasteiger partial charge in [-0.3, -0.25) is 10.1 Å². The van der Waals surface area contributed by atoms with Crippen LogP contribution in [0.1, 0.15) is 26.2 Å². The number of hydrogen-bond acceptors (Lipinski definition) is 3. The summed E-state index contributed by atoms with van der Waals surface area (Å²) in [5.74, 6) is -0.521. The number of carboxylic acid groups (broad SMARTS) is 1. The summed E-state index contributed by atoms with van der Waals surface area (Å²) in [6.45, 7) is 3.61. The Morgan fingerprint density at radius 2 is 2.29 bits per heavy atom. The van der Waals surface area contributed by atoms with Gasteiger partial charge < -0.3 is 10.4 Å². The van der Waals surface area contributed by atoms with Gasteiger partial charge in [-0.1, -0.05) is 6.92 Å². The van der Waals surface area contributed by atoms with Crippen molar-refractivity contribution in [2.45, 2.75) is 37.8 Å². The molecule has 14 heavy (non-hydrogen) atoms. The molecule has 1 saturated heterocycles. The van der Waals surface area contributed by atoms with Gasteiger partial charge in [-0.25, -0.2) is 0 Å². The third-order valence-electron chi connectivity index (χ3n) is 3.41. The molecule has 0 radical (unpaired) electrons. The molecule has 2 fully saturated rings. The average Bonchev–Trinajstić information content (AvgIpc) is 2.92. The number of hydrogen-bond donors (Lipinski definition) is 3. The fourth-order valence-corrected chi connectivity index (χ4v) is 2.21. The molecule has 1 heterocycles. The Morgan fingerprint density at radius 1 is 1.57 bits per heavy atom. The van der Waals surface area contributed by atoms with Crippen LogP contribution in [0.4, 0.5) is 0 Å². The third-order valence-corrected chi connectivity index (χ3v) is 3.41. The first-order chi connectivity index (χ1) is 6.65. The highest BCUT2D eigenvalue weighted by molar-refractivity contribution is 5.79. The zero-order valence-corrected chi connectivity index (χ0v) is 8.55. The fraction of sp³-hybridized carbons (Fsp3) is 0.900. The molecule has 0 amide bonds. The van der Waals surface area contributed by atoms with Crippen LogP contribution in [0.25, 0.3) is 0 Å². The van der Waals surface area contributed by atoms with Gasteiger partial charge in [0.15, 0.2) is 0 Å². The Kier molecular flexibility index (Phi) is 2.49. The lowest BCUT2D eigenvalue weighted by atomic mass is 9.79. The van der Waals surface area contributed by atoms with E-state index in [1.54, 1.807) is 0 Å². The van der Waals surface area contributed by atoms with Gasteiger partial charge in [0.1, 0.15) is 5.54 Å². The molecule has 2 unspecified atom stereocenters. The molecular formula is C10H18N2O2. The average molecular weight is 198 g/mol. The zero-order valence-electron chi connectivity index (χ0n) is 8.55. The predicted octanol–water partition coefficient (Wildman–Crippen LogP) is 0.191. The van der Waals surface area contributed by atoms with Crippen molar-refractivity contribution >= 4 is 5.97 Å². The first kappa shape index (κ1) is 9.93. The molecule has 1 aliphatic heterocycles. The smallest absolute Gasteiger partial charge is 0.324 e. The molecule has 2 rings (SSSR count). The van der Waals surface area contributed by atoms with Gasteiger partial charge in [0, 0.05) is 12.6 Å². The molecule has 1 saturated carbocycles. The predicted molar refractivity (Wildman–Crippen MR) is 53.2 cm³/mol. The Bertz CT molecular complexity index is 240. The number of piperidine rings is 1. The summed E-state index contributed by atoms with van der Waals surface area (Å²) in [6, 6.07) is 0.451. The Morgan fingerprint density at radius 3 is 2.79 bits per heavy atom. The monoisotopic (exact) mass is 198 g/mol. The summed E-state index contributed by atoms with van der Waals surface area (Å²) in [4.78, 5) is 11.4. The Balaban J connectivity index is 2.13. The SMILES string of the molecule is CC1CNCCC1(NC1CC1)C(=O)O. The molecule has 2 atom stereocenters. The maximum absolute atomic E-state index is 11.4. The summed E-state index contributed by atoms with van der Waals surface area (Å²) < 4.78 is 0. The molecule has 0 bridgehead atoms. The van der Waals surface area contributed by atoms with Gasteiger partial charge in [-0.05, 0) is 31.7 Å². The second-order valence-electron chi connectivity index (χ2n) is 4.55. The first-order valence-corrected chi connectivity index (χ1v) is 5.37. The quantitative estimate of drug-likeness (QED) is 0.606. The second-order valence-corrected chi connectivity index (χ2v) is 4.55. The Labute approximate surface area is 84.1 Å². The molecule has 2 aliphatic rings. The van der Waals surface area contributed by atoms with Crippen LogP contribution in [-0.4, -0.2) is 35.7 Å². The summed E-state index contributed by atoms with van der Waals surface area (Å²) in [6.07, 6.45) is 2.96. The van der Waals surface area contributed by atoms with Crippen molar-refractivity contribution in [2.75, 3.05) is 13.1 Å². The lowest BCUT2D eigenvalue weighted by molar-refractivity contribution is -0.148. The highest BCUT2D eigenvalue weighted by atomic mass is 16.4. The number of nitrogens with one attached hydrogen (secondary N) is 2. The van der Waals surface area contributed by atoms with Gasteiger partial charge >= 0.3 is 5.97 Å². The highest BCUT2D eigenvalue weighted by Crippen LogP contribution is 2.30. The van der Waals surface area contributed by atoms with Crippen LogP contribution in [0.2, 0.25) is 0 Å². The first-order valence-electron chi connectivity index (χ1n) is 5.37. The van der Waals surface area contributed by atoms with Gasteiger partial charge in [-0.15, -0.1) is 0 Å². The maximum atomic E-state index is 11.4. The van der Waals surface area contributed by atoms with E-state index >= 15 is 0 Å². The van der Waals surface area contributed by atoms with E-state index in [1.165, 1.54) is 0 Å². The van der Waals surface area contributed by atoms with E-state index in [-0.39, 0.29) is 5.92 Å². The van der Waals surface area contributed by atoms with Crippen LogP contribution in [0, 0.1) is 5.92 Å². The van der Waals surface area contributed by atoms with E-state index in [4.69, 9.17) is 0 Å². The van der Waals surface area contributed by atoms with Gasteiger partial charge in [0.25, 0.3) is 0 Å². The van der Waals surface area contributed by atoms with Crippen LogP contribution in [0.3, 0.4) is 0 Å². The van der Waals surface area contributed by atoms with Crippen LogP contribution >= 0.6 is 0 Å². The number of carboxylic acids is 1. The van der Waals surface area contributed by atoms with E-state index < -0.39 is 11.5 Å². The fourth-order valence-electron chi connectivity index (χ4n) is 2.21. The van der Waals surface area contributed by atoms with Gasteiger partial charge in [0.05, 0.1) is 0 Å². The summed E-state index contributed by atoms with van der Waals surface area (Å²) >= 11 is 0. The maximum Gasteiger partial charge on any atom is 0.324 e. The van der Waals surface area contributed by atoms with Crippen molar-refractivity contribution in [1.29, 1.82) is 0 Å². The molecule has 0 aromatic heterocycles. The van der Waals surface area contributed by atoms with Crippen LogP contribution in [-0.2, 0) is 4.79 Å². The van der Waals surface area contributed by atoms with E-state index in [1.807, 2.05) is 6.92 Å². The number of carbonyl (C=O) groups is 1. The van der Waals surface area contributed by atoms with Gasteiger partial charge in [0.2, 0.25) is 0 Å². The van der Waals surface area contributed by atoms with Crippen LogP contribution in [0.15, 0.2) is 0 Å². The molecule has 0 aromatic carbocycles. The minimum atomic E-state index is -0.682. The molecule has 0 aromatic rings. The molecule has 4 nitrogen and oxygen atoms in total. The second kappa shape index (κ2) is 3.51. The topological polar surface area (TPSA) is 61.4 Å². The van der Waals surface area contributed by atoms with Gasteiger partial charge in [-0.2, -0.15) is 0 Å². The highest BCUT2D eigenvalue weighted by Gasteiger charge is 2.47. The molecule has 0 spiro atoms. The lowest BCUT2D eigenvalue weighted by Crippen LogP contribution is -2.63.